The lowest BCUT2D eigenvalue weighted by Crippen LogP contribution is -2.30. The molecule has 0 spiro atoms. The zero-order valence-electron chi connectivity index (χ0n) is 16.3. The number of pyridine rings is 2. The maximum Gasteiger partial charge on any atom is 0.174 e. The van der Waals surface area contributed by atoms with Crippen molar-refractivity contribution in [2.45, 2.75) is 12.1 Å². The van der Waals surface area contributed by atoms with Gasteiger partial charge in [-0.05, 0) is 72.9 Å². The Morgan fingerprint density at radius 3 is 2.52 bits per heavy atom. The molecule has 3 aromatic heterocycles. The van der Waals surface area contributed by atoms with Crippen LogP contribution in [0.15, 0.2) is 85.3 Å². The highest BCUT2D eigenvalue weighted by Gasteiger charge is 2.42. The Kier molecular flexibility index (Phi) is 5.05. The third-order valence-corrected chi connectivity index (χ3v) is 5.81. The molecule has 4 aromatic rings. The van der Waals surface area contributed by atoms with Gasteiger partial charge in [-0.25, -0.2) is 4.98 Å². The minimum absolute atomic E-state index is 0.177. The summed E-state index contributed by atoms with van der Waals surface area (Å²) in [7, 11) is 0. The number of halogens is 1. The summed E-state index contributed by atoms with van der Waals surface area (Å²) in [6.45, 7) is 0. The minimum atomic E-state index is -0.195. The first-order valence-corrected chi connectivity index (χ1v) is 10.5. The average Bonchev–Trinajstić information content (AvgIpc) is 3.40. The van der Waals surface area contributed by atoms with Gasteiger partial charge in [0.1, 0.15) is 17.6 Å². The molecule has 0 unspecified atom stereocenters. The number of hydrogen-bond donors (Lipinski definition) is 2. The van der Waals surface area contributed by atoms with Gasteiger partial charge in [0.2, 0.25) is 0 Å². The molecular formula is C23H18ClN5OS. The molecular weight excluding hydrogens is 430 g/mol. The van der Waals surface area contributed by atoms with Crippen LogP contribution in [0.2, 0.25) is 5.02 Å². The van der Waals surface area contributed by atoms with Crippen molar-refractivity contribution in [2.24, 2.45) is 0 Å². The highest BCUT2D eigenvalue weighted by atomic mass is 35.5. The van der Waals surface area contributed by atoms with Crippen molar-refractivity contribution in [3.05, 3.63) is 102 Å². The molecule has 31 heavy (non-hydrogen) atoms. The van der Waals surface area contributed by atoms with E-state index < -0.39 is 0 Å². The molecule has 2 N–H and O–H groups in total. The van der Waals surface area contributed by atoms with Crippen LogP contribution in [0.5, 0.6) is 5.75 Å². The molecule has 0 radical (unpaired) electrons. The van der Waals surface area contributed by atoms with Crippen molar-refractivity contribution in [3.63, 3.8) is 0 Å². The van der Waals surface area contributed by atoms with Crippen molar-refractivity contribution >= 4 is 34.6 Å². The number of rotatable bonds is 4. The van der Waals surface area contributed by atoms with Crippen LogP contribution in [-0.2, 0) is 0 Å². The predicted octanol–water partition coefficient (Wildman–Crippen LogP) is 4.80. The van der Waals surface area contributed by atoms with E-state index in [0.29, 0.717) is 10.1 Å². The summed E-state index contributed by atoms with van der Waals surface area (Å²) in [5, 5.41) is 14.4. The topological polar surface area (TPSA) is 66.2 Å². The zero-order chi connectivity index (χ0) is 21.4. The smallest absolute Gasteiger partial charge is 0.174 e. The quantitative estimate of drug-likeness (QED) is 0.438. The van der Waals surface area contributed by atoms with Crippen molar-refractivity contribution in [2.75, 3.05) is 4.90 Å². The van der Waals surface area contributed by atoms with E-state index in [1.807, 2.05) is 59.3 Å². The van der Waals surface area contributed by atoms with Gasteiger partial charge in [-0.1, -0.05) is 17.7 Å². The van der Waals surface area contributed by atoms with Crippen molar-refractivity contribution in [1.82, 2.24) is 19.9 Å². The van der Waals surface area contributed by atoms with Gasteiger partial charge < -0.3 is 19.9 Å². The fraction of sp³-hybridized carbons (Fsp3) is 0.0870. The summed E-state index contributed by atoms with van der Waals surface area (Å²) in [4.78, 5) is 11.1. The summed E-state index contributed by atoms with van der Waals surface area (Å²) in [5.41, 5.74) is 2.74. The summed E-state index contributed by atoms with van der Waals surface area (Å²) >= 11 is 11.8. The number of nitrogens with one attached hydrogen (secondary N) is 1. The molecule has 0 aliphatic carbocycles. The van der Waals surface area contributed by atoms with Gasteiger partial charge >= 0.3 is 0 Å². The summed E-state index contributed by atoms with van der Waals surface area (Å²) in [6, 6.07) is 20.2. The first kappa shape index (κ1) is 19.5. The number of nitrogens with zero attached hydrogens (tertiary/aromatic N) is 4. The van der Waals surface area contributed by atoms with Crippen molar-refractivity contribution < 1.29 is 5.11 Å². The van der Waals surface area contributed by atoms with E-state index in [2.05, 4.69) is 26.3 Å². The number of aromatic hydroxyl groups is 1. The molecule has 1 aromatic carbocycles. The first-order valence-electron chi connectivity index (χ1n) is 9.71. The number of benzene rings is 1. The van der Waals surface area contributed by atoms with Crippen LogP contribution < -0.4 is 10.2 Å². The van der Waals surface area contributed by atoms with Crippen molar-refractivity contribution in [3.8, 4) is 11.6 Å². The van der Waals surface area contributed by atoms with Crippen molar-refractivity contribution in [1.29, 1.82) is 0 Å². The highest BCUT2D eigenvalue weighted by molar-refractivity contribution is 7.80. The van der Waals surface area contributed by atoms with Gasteiger partial charge in [0, 0.05) is 30.0 Å². The summed E-state index contributed by atoms with van der Waals surface area (Å²) < 4.78 is 2.03. The fourth-order valence-electron chi connectivity index (χ4n) is 3.90. The molecule has 1 aliphatic rings. The summed E-state index contributed by atoms with van der Waals surface area (Å²) in [6.07, 6.45) is 5.38. The summed E-state index contributed by atoms with van der Waals surface area (Å²) in [5.74, 6) is 0.959. The molecule has 1 fully saturated rings. The van der Waals surface area contributed by atoms with E-state index >= 15 is 0 Å². The predicted molar refractivity (Wildman–Crippen MR) is 125 cm³/mol. The number of hydrogen-bond acceptors (Lipinski definition) is 4. The molecule has 5 rings (SSSR count). The lowest BCUT2D eigenvalue weighted by molar-refractivity contribution is 0.475. The molecule has 154 valence electrons. The van der Waals surface area contributed by atoms with Crippen LogP contribution >= 0.6 is 23.8 Å². The van der Waals surface area contributed by atoms with Gasteiger partial charge in [-0.2, -0.15) is 0 Å². The molecule has 4 heterocycles. The number of phenols is 1. The number of phenolic OH excluding ortho intramolecular Hbond substituents is 1. The maximum atomic E-state index is 9.76. The third-order valence-electron chi connectivity index (χ3n) is 5.27. The van der Waals surface area contributed by atoms with Gasteiger partial charge in [-0.3, -0.25) is 4.98 Å². The molecule has 0 amide bonds. The Bertz CT molecular complexity index is 1210. The normalized spacial score (nSPS) is 18.2. The van der Waals surface area contributed by atoms with E-state index in [9.17, 15) is 5.11 Å². The Morgan fingerprint density at radius 1 is 0.968 bits per heavy atom. The standard InChI is InChI=1S/C23H18ClN5OS/c24-15-6-11-20(26-14-15)28-13-3-5-19(28)22-21(18-4-1-2-12-25-18)27-23(31)29(22)16-7-9-17(30)10-8-16/h1-14,21-22,30H,(H,27,31)/t21-,22+/m0/s1. The Balaban J connectivity index is 1.66. The van der Waals surface area contributed by atoms with Gasteiger partial charge in [0.15, 0.2) is 5.11 Å². The molecule has 2 atom stereocenters. The van der Waals surface area contributed by atoms with E-state index in [-0.39, 0.29) is 17.8 Å². The molecule has 0 bridgehead atoms. The molecule has 1 saturated heterocycles. The Hall–Kier alpha value is -3.42. The number of thiocarbonyl (C=S) groups is 1. The van der Waals surface area contributed by atoms with Crippen LogP contribution in [-0.4, -0.2) is 24.8 Å². The van der Waals surface area contributed by atoms with E-state index in [4.69, 9.17) is 23.8 Å². The molecule has 6 nitrogen and oxygen atoms in total. The largest absolute Gasteiger partial charge is 0.508 e. The second kappa shape index (κ2) is 8.02. The molecule has 1 aliphatic heterocycles. The Morgan fingerprint density at radius 2 is 1.81 bits per heavy atom. The second-order valence-electron chi connectivity index (χ2n) is 7.15. The van der Waals surface area contributed by atoms with Crippen LogP contribution in [0.3, 0.4) is 0 Å². The first-order chi connectivity index (χ1) is 15.1. The van der Waals surface area contributed by atoms with Gasteiger partial charge in [-0.15, -0.1) is 0 Å². The van der Waals surface area contributed by atoms with Gasteiger partial charge in [0.05, 0.1) is 16.8 Å². The Labute approximate surface area is 189 Å². The monoisotopic (exact) mass is 447 g/mol. The SMILES string of the molecule is Oc1ccc(N2C(=S)N[C@@H](c3ccccn3)[C@H]2c2cccn2-c2ccc(Cl)cn2)cc1. The van der Waals surface area contributed by atoms with E-state index in [1.165, 1.54) is 0 Å². The molecule has 0 saturated carbocycles. The fourth-order valence-corrected chi connectivity index (χ4v) is 4.36. The number of aromatic nitrogens is 3. The highest BCUT2D eigenvalue weighted by Crippen LogP contribution is 2.42. The average molecular weight is 448 g/mol. The lowest BCUT2D eigenvalue weighted by Gasteiger charge is -2.28. The zero-order valence-corrected chi connectivity index (χ0v) is 17.8. The van der Waals surface area contributed by atoms with Crippen LogP contribution in [0.1, 0.15) is 23.5 Å². The van der Waals surface area contributed by atoms with Crippen LogP contribution in [0, 0.1) is 0 Å². The van der Waals surface area contributed by atoms with Gasteiger partial charge in [0.25, 0.3) is 0 Å². The van der Waals surface area contributed by atoms with E-state index in [0.717, 1.165) is 22.9 Å². The minimum Gasteiger partial charge on any atom is -0.508 e. The molecule has 8 heteroatoms. The lowest BCUT2D eigenvalue weighted by atomic mass is 10.0. The van der Waals surface area contributed by atoms with Crippen LogP contribution in [0.25, 0.3) is 5.82 Å². The van der Waals surface area contributed by atoms with Crippen LogP contribution in [0.4, 0.5) is 5.69 Å². The van der Waals surface area contributed by atoms with E-state index in [1.54, 1.807) is 24.5 Å². The maximum absolute atomic E-state index is 9.76. The third kappa shape index (κ3) is 3.62. The number of anilines is 1. The second-order valence-corrected chi connectivity index (χ2v) is 7.97.